The Bertz CT molecular complexity index is 815. The molecule has 2 aromatic heterocycles. The van der Waals surface area contributed by atoms with Crippen molar-refractivity contribution >= 4 is 17.1 Å². The van der Waals surface area contributed by atoms with Crippen molar-refractivity contribution in [2.24, 2.45) is 0 Å². The molecule has 0 saturated heterocycles. The van der Waals surface area contributed by atoms with Gasteiger partial charge in [0.1, 0.15) is 24.1 Å². The molecule has 0 unspecified atom stereocenters. The largest absolute Gasteiger partial charge is 0.444 e. The average Bonchev–Trinajstić information content (AvgIpc) is 2.90. The van der Waals surface area contributed by atoms with E-state index in [1.807, 2.05) is 50.5 Å². The van der Waals surface area contributed by atoms with E-state index in [4.69, 9.17) is 14.7 Å². The normalized spacial score (nSPS) is 11.4. The van der Waals surface area contributed by atoms with Gasteiger partial charge in [-0.15, -0.1) is 0 Å². The number of hydrogen-bond donors (Lipinski definition) is 0. The Hall–Kier alpha value is -2.59. The Morgan fingerprint density at radius 2 is 2.12 bits per heavy atom. The number of pyridine rings is 1. The number of carbonyl (C=O) groups excluding carboxylic acids is 1. The first-order chi connectivity index (χ1) is 12.2. The number of rotatable bonds is 6. The molecule has 0 aromatic carbocycles. The van der Waals surface area contributed by atoms with Crippen molar-refractivity contribution in [2.75, 3.05) is 13.7 Å². The molecule has 7 heteroatoms. The van der Waals surface area contributed by atoms with Gasteiger partial charge in [0.05, 0.1) is 17.6 Å². The first-order valence-corrected chi connectivity index (χ1v) is 8.66. The van der Waals surface area contributed by atoms with Crippen LogP contribution >= 0.6 is 0 Å². The number of ether oxygens (including phenoxy) is 2. The third kappa shape index (κ3) is 4.96. The van der Waals surface area contributed by atoms with Crippen LogP contribution in [0, 0.1) is 11.3 Å². The van der Waals surface area contributed by atoms with Crippen molar-refractivity contribution in [1.82, 2.24) is 14.5 Å². The third-order valence-corrected chi connectivity index (χ3v) is 3.63. The average molecular weight is 358 g/mol. The second kappa shape index (κ2) is 8.19. The standard InChI is InChI=1S/C19H26N4O3/c1-6-9-25-13-23-15(12-22(5)18(24)26-19(2,3)4)10-16-17(23)8-7-14(11-20)21-16/h7-8,10H,6,9,12-13H2,1-5H3. The molecule has 0 saturated carbocycles. The van der Waals surface area contributed by atoms with Crippen LogP contribution in [-0.4, -0.2) is 39.8 Å². The van der Waals surface area contributed by atoms with E-state index in [2.05, 4.69) is 4.98 Å². The zero-order valence-electron chi connectivity index (χ0n) is 16.1. The summed E-state index contributed by atoms with van der Waals surface area (Å²) in [7, 11) is 1.69. The Labute approximate surface area is 154 Å². The molecule has 0 N–H and O–H groups in total. The van der Waals surface area contributed by atoms with Gasteiger partial charge in [-0.2, -0.15) is 5.26 Å². The summed E-state index contributed by atoms with van der Waals surface area (Å²) in [6.07, 6.45) is 0.526. The zero-order chi connectivity index (χ0) is 19.3. The minimum atomic E-state index is -0.550. The lowest BCUT2D eigenvalue weighted by molar-refractivity contribution is 0.0273. The fraction of sp³-hybridized carbons (Fsp3) is 0.526. The maximum Gasteiger partial charge on any atom is 0.410 e. The lowest BCUT2D eigenvalue weighted by Gasteiger charge is -2.25. The fourth-order valence-corrected chi connectivity index (χ4v) is 2.49. The highest BCUT2D eigenvalue weighted by molar-refractivity contribution is 5.78. The molecular weight excluding hydrogens is 332 g/mol. The second-order valence-electron chi connectivity index (χ2n) is 7.15. The molecule has 140 valence electrons. The maximum atomic E-state index is 12.3. The third-order valence-electron chi connectivity index (χ3n) is 3.63. The molecule has 1 amide bonds. The minimum Gasteiger partial charge on any atom is -0.444 e. The lowest BCUT2D eigenvalue weighted by atomic mass is 10.2. The van der Waals surface area contributed by atoms with Gasteiger partial charge in [-0.1, -0.05) is 6.92 Å². The number of nitriles is 1. The van der Waals surface area contributed by atoms with Gasteiger partial charge >= 0.3 is 6.09 Å². The summed E-state index contributed by atoms with van der Waals surface area (Å²) in [6.45, 7) is 8.91. The molecule has 0 bridgehead atoms. The van der Waals surface area contributed by atoms with Gasteiger partial charge < -0.3 is 18.9 Å². The van der Waals surface area contributed by atoms with Gasteiger partial charge in [0.15, 0.2) is 0 Å². The van der Waals surface area contributed by atoms with Gasteiger partial charge in [-0.3, -0.25) is 0 Å². The molecule has 0 aliphatic heterocycles. The molecule has 26 heavy (non-hydrogen) atoms. The Morgan fingerprint density at radius 3 is 2.73 bits per heavy atom. The highest BCUT2D eigenvalue weighted by Crippen LogP contribution is 2.21. The lowest BCUT2D eigenvalue weighted by Crippen LogP contribution is -2.34. The van der Waals surface area contributed by atoms with Crippen molar-refractivity contribution in [1.29, 1.82) is 5.26 Å². The van der Waals surface area contributed by atoms with Crippen LogP contribution in [0.25, 0.3) is 11.0 Å². The van der Waals surface area contributed by atoms with Crippen LogP contribution in [0.5, 0.6) is 0 Å². The van der Waals surface area contributed by atoms with Crippen LogP contribution in [0.3, 0.4) is 0 Å². The van der Waals surface area contributed by atoms with Gasteiger partial charge in [0, 0.05) is 19.3 Å². The van der Waals surface area contributed by atoms with E-state index in [1.165, 1.54) is 4.90 Å². The van der Waals surface area contributed by atoms with Gasteiger partial charge in [0.25, 0.3) is 0 Å². The first-order valence-electron chi connectivity index (χ1n) is 8.66. The van der Waals surface area contributed by atoms with Crippen LogP contribution in [0.1, 0.15) is 45.5 Å². The van der Waals surface area contributed by atoms with E-state index in [-0.39, 0.29) is 0 Å². The topological polar surface area (TPSA) is 80.4 Å². The Kier molecular flexibility index (Phi) is 6.22. The molecule has 2 rings (SSSR count). The number of carbonyl (C=O) groups is 1. The van der Waals surface area contributed by atoms with Gasteiger partial charge in [-0.05, 0) is 45.4 Å². The molecule has 7 nitrogen and oxygen atoms in total. The predicted octanol–water partition coefficient (Wildman–Crippen LogP) is 3.66. The number of hydrogen-bond acceptors (Lipinski definition) is 5. The smallest absolute Gasteiger partial charge is 0.410 e. The van der Waals surface area contributed by atoms with E-state index >= 15 is 0 Å². The first kappa shape index (κ1) is 19.7. The maximum absolute atomic E-state index is 12.3. The van der Waals surface area contributed by atoms with Crippen LogP contribution in [0.4, 0.5) is 4.79 Å². The van der Waals surface area contributed by atoms with E-state index in [0.717, 1.165) is 17.6 Å². The van der Waals surface area contributed by atoms with Gasteiger partial charge in [0.2, 0.25) is 0 Å². The predicted molar refractivity (Wildman–Crippen MR) is 98.4 cm³/mol. The molecule has 0 aliphatic carbocycles. The monoisotopic (exact) mass is 358 g/mol. The summed E-state index contributed by atoms with van der Waals surface area (Å²) in [5, 5.41) is 9.06. The summed E-state index contributed by atoms with van der Waals surface area (Å²) in [5.74, 6) is 0. The summed E-state index contributed by atoms with van der Waals surface area (Å²) in [6, 6.07) is 7.46. The van der Waals surface area contributed by atoms with Crippen LogP contribution in [0.2, 0.25) is 0 Å². The van der Waals surface area contributed by atoms with Crippen molar-refractivity contribution in [2.45, 2.75) is 53.0 Å². The number of nitrogens with zero attached hydrogens (tertiary/aromatic N) is 4. The van der Waals surface area contributed by atoms with Crippen LogP contribution in [-0.2, 0) is 22.7 Å². The quantitative estimate of drug-likeness (QED) is 0.736. The summed E-state index contributed by atoms with van der Waals surface area (Å²) in [4.78, 5) is 18.1. The summed E-state index contributed by atoms with van der Waals surface area (Å²) < 4.78 is 13.1. The number of fused-ring (bicyclic) bond motifs is 1. The fourth-order valence-electron chi connectivity index (χ4n) is 2.49. The highest BCUT2D eigenvalue weighted by Gasteiger charge is 2.21. The molecule has 2 heterocycles. The molecule has 2 aromatic rings. The molecule has 0 radical (unpaired) electrons. The van der Waals surface area contributed by atoms with Crippen molar-refractivity contribution < 1.29 is 14.3 Å². The number of amides is 1. The SMILES string of the molecule is CCCOCn1c(CN(C)C(=O)OC(C)(C)C)cc2nc(C#N)ccc21. The van der Waals surface area contributed by atoms with E-state index in [0.29, 0.717) is 31.1 Å². The molecular formula is C19H26N4O3. The van der Waals surface area contributed by atoms with E-state index in [9.17, 15) is 4.79 Å². The number of aromatic nitrogens is 2. The van der Waals surface area contributed by atoms with Crippen LogP contribution in [0.15, 0.2) is 18.2 Å². The molecule has 0 spiro atoms. The second-order valence-corrected chi connectivity index (χ2v) is 7.15. The van der Waals surface area contributed by atoms with Crippen LogP contribution < -0.4 is 0 Å². The summed E-state index contributed by atoms with van der Waals surface area (Å²) >= 11 is 0. The molecule has 0 atom stereocenters. The Morgan fingerprint density at radius 1 is 1.38 bits per heavy atom. The van der Waals surface area contributed by atoms with E-state index in [1.54, 1.807) is 13.1 Å². The molecule has 0 fully saturated rings. The molecule has 0 aliphatic rings. The zero-order valence-corrected chi connectivity index (χ0v) is 16.1. The van der Waals surface area contributed by atoms with Crippen molar-refractivity contribution in [3.05, 3.63) is 29.6 Å². The van der Waals surface area contributed by atoms with Gasteiger partial charge in [-0.25, -0.2) is 9.78 Å². The van der Waals surface area contributed by atoms with E-state index < -0.39 is 11.7 Å². The highest BCUT2D eigenvalue weighted by atomic mass is 16.6. The van der Waals surface area contributed by atoms with Crippen molar-refractivity contribution in [3.63, 3.8) is 0 Å². The van der Waals surface area contributed by atoms with Crippen molar-refractivity contribution in [3.8, 4) is 6.07 Å². The minimum absolute atomic E-state index is 0.350. The Balaban J connectivity index is 2.30. The summed E-state index contributed by atoms with van der Waals surface area (Å²) in [5.41, 5.74) is 2.25.